The molecular formula is C50H56N8O6. The van der Waals surface area contributed by atoms with E-state index in [0.717, 1.165) is 57.6 Å². The molecule has 8 atom stereocenters. The lowest BCUT2D eigenvalue weighted by Crippen LogP contribution is -2.51. The Morgan fingerprint density at radius 2 is 1.41 bits per heavy atom. The summed E-state index contributed by atoms with van der Waals surface area (Å²) in [5.74, 6) is 1.35. The smallest absolute Gasteiger partial charge is 0.407 e. The highest BCUT2D eigenvalue weighted by atomic mass is 16.5. The van der Waals surface area contributed by atoms with Gasteiger partial charge in [0.25, 0.3) is 5.91 Å². The molecule has 0 bridgehead atoms. The number of methoxy groups -OCH3 is 2. The van der Waals surface area contributed by atoms with E-state index in [4.69, 9.17) is 19.4 Å². The lowest BCUT2D eigenvalue weighted by Gasteiger charge is -2.32. The minimum Gasteiger partial charge on any atom is -0.453 e. The van der Waals surface area contributed by atoms with E-state index >= 15 is 0 Å². The van der Waals surface area contributed by atoms with Crippen molar-refractivity contribution in [1.82, 2.24) is 40.4 Å². The van der Waals surface area contributed by atoms with Crippen LogP contribution in [0.4, 0.5) is 4.79 Å². The van der Waals surface area contributed by atoms with Crippen molar-refractivity contribution in [3.8, 4) is 33.6 Å². The molecule has 14 nitrogen and oxygen atoms in total. The largest absolute Gasteiger partial charge is 0.453 e. The molecule has 3 aromatic carbocycles. The number of ether oxygens (including phenoxy) is 2. The Balaban J connectivity index is 0.892. The van der Waals surface area contributed by atoms with Crippen LogP contribution in [0.5, 0.6) is 0 Å². The van der Waals surface area contributed by atoms with Gasteiger partial charge in [-0.2, -0.15) is 0 Å². The van der Waals surface area contributed by atoms with Crippen molar-refractivity contribution in [3.63, 3.8) is 0 Å². The number of piperidine rings is 1. The Morgan fingerprint density at radius 1 is 0.812 bits per heavy atom. The maximum Gasteiger partial charge on any atom is 0.407 e. The number of carbonyl (C=O) groups is 4. The number of hydrogen-bond acceptors (Lipinski definition) is 8. The van der Waals surface area contributed by atoms with E-state index in [1.807, 2.05) is 55.3 Å². The summed E-state index contributed by atoms with van der Waals surface area (Å²) in [4.78, 5) is 73.9. The van der Waals surface area contributed by atoms with Crippen molar-refractivity contribution in [2.75, 3.05) is 27.4 Å². The maximum absolute atomic E-state index is 14.6. The lowest BCUT2D eigenvalue weighted by molar-refractivity contribution is -0.138. The lowest BCUT2D eigenvalue weighted by atomic mass is 10.0. The van der Waals surface area contributed by atoms with Gasteiger partial charge in [-0.1, -0.05) is 106 Å². The first-order chi connectivity index (χ1) is 30.9. The van der Waals surface area contributed by atoms with Crippen LogP contribution in [-0.4, -0.2) is 93.0 Å². The summed E-state index contributed by atoms with van der Waals surface area (Å²) >= 11 is 0. The van der Waals surface area contributed by atoms with Crippen molar-refractivity contribution < 1.29 is 28.7 Å². The first-order valence-electron chi connectivity index (χ1n) is 22.3. The molecule has 0 spiro atoms. The summed E-state index contributed by atoms with van der Waals surface area (Å²) in [6.07, 6.45) is 5.34. The molecule has 2 saturated heterocycles. The van der Waals surface area contributed by atoms with Crippen molar-refractivity contribution in [3.05, 3.63) is 121 Å². The monoisotopic (exact) mass is 864 g/mol. The standard InChI is InChI=1S/C50H56N8O6/c1-27(2)41(56-50(62)64-6)48(60)57-25-30(26-63-5)22-39(57)45-51-23-37(53-45)33-16-12-31(13-17-33)32-14-18-34(19-15-32)38-24-52-46(54-38)44-29(4)40-28(3)43(40)58(44)49(61)42(35-10-8-7-9-11-35)55-47(59)36-20-21-36/h7-19,23-24,27-28,30,36,39-44H,4,20-22,25-26H2,1-3,5-6H3,(H,51,53)(H,52,54)(H,55,59)(H,56,62)/t28-,30+,39+,40-,41+,42-,43-,44+/m1/s1. The highest BCUT2D eigenvalue weighted by Gasteiger charge is 2.64. The van der Waals surface area contributed by atoms with Gasteiger partial charge in [0.2, 0.25) is 11.8 Å². The van der Waals surface area contributed by atoms with E-state index in [9.17, 15) is 19.2 Å². The number of imidazole rings is 2. The average Bonchev–Trinajstić information content (AvgIpc) is 3.94. The van der Waals surface area contributed by atoms with E-state index in [2.05, 4.69) is 82.6 Å². The van der Waals surface area contributed by atoms with Gasteiger partial charge in [0.15, 0.2) is 0 Å². The van der Waals surface area contributed by atoms with Crippen molar-refractivity contribution in [2.24, 2.45) is 29.6 Å². The molecule has 4 N–H and O–H groups in total. The fourth-order valence-electron chi connectivity index (χ4n) is 9.85. The number of amides is 4. The minimum absolute atomic E-state index is 0.00611. The molecule has 5 aromatic rings. The fraction of sp³-hybridized carbons (Fsp3) is 0.400. The summed E-state index contributed by atoms with van der Waals surface area (Å²) in [6, 6.07) is 23.7. The Hall–Kier alpha value is -6.54. The Morgan fingerprint density at radius 3 is 1.98 bits per heavy atom. The molecule has 4 heterocycles. The zero-order chi connectivity index (χ0) is 44.8. The number of aromatic nitrogens is 4. The third kappa shape index (κ3) is 8.22. The van der Waals surface area contributed by atoms with Crippen molar-refractivity contribution in [1.29, 1.82) is 0 Å². The molecule has 332 valence electrons. The summed E-state index contributed by atoms with van der Waals surface area (Å²) in [7, 11) is 2.94. The maximum atomic E-state index is 14.6. The van der Waals surface area contributed by atoms with E-state index in [0.29, 0.717) is 31.2 Å². The van der Waals surface area contributed by atoms with E-state index in [1.165, 1.54) is 7.11 Å². The van der Waals surface area contributed by atoms with Gasteiger partial charge >= 0.3 is 6.09 Å². The molecule has 9 rings (SSSR count). The number of carbonyl (C=O) groups excluding carboxylic acids is 4. The molecule has 0 radical (unpaired) electrons. The third-order valence-corrected chi connectivity index (χ3v) is 13.5. The Labute approximate surface area is 373 Å². The number of likely N-dealkylation sites (tertiary alicyclic amines) is 2. The topological polar surface area (TPSA) is 175 Å². The normalized spacial score (nSPS) is 23.4. The van der Waals surface area contributed by atoms with Crippen LogP contribution >= 0.6 is 0 Å². The molecule has 2 saturated carbocycles. The van der Waals surface area contributed by atoms with Gasteiger partial charge in [-0.3, -0.25) is 14.4 Å². The van der Waals surface area contributed by atoms with E-state index in [-0.39, 0.29) is 59.4 Å². The third-order valence-electron chi connectivity index (χ3n) is 13.5. The number of H-pyrrole nitrogens is 2. The molecule has 4 fully saturated rings. The van der Waals surface area contributed by atoms with Gasteiger partial charge in [-0.05, 0) is 64.5 Å². The van der Waals surface area contributed by atoms with Crippen LogP contribution in [0.1, 0.15) is 75.4 Å². The summed E-state index contributed by atoms with van der Waals surface area (Å²) in [5.41, 5.74) is 7.38. The predicted molar refractivity (Wildman–Crippen MR) is 241 cm³/mol. The second-order valence-corrected chi connectivity index (χ2v) is 18.2. The SMILES string of the molecule is C=C1[C@H]2[C@@H](C)[C@H]2N(C(=O)[C@H](NC(=O)C2CC2)c2ccccc2)[C@@H]1c1ncc(-c2ccc(-c3ccc(-c4cnc([C@@H]5C[C@H](COC)CN5C(=O)[C@@H](NC(=O)OC)C(C)C)[nH]4)cc3)cc2)[nH]1. The first kappa shape index (κ1) is 42.7. The highest BCUT2D eigenvalue weighted by Crippen LogP contribution is 2.60. The number of nitrogens with zero attached hydrogens (tertiary/aromatic N) is 4. The first-order valence-corrected chi connectivity index (χ1v) is 22.3. The molecule has 4 aliphatic rings. The quantitative estimate of drug-likeness (QED) is 0.0837. The molecule has 2 aromatic heterocycles. The van der Waals surface area contributed by atoms with Gasteiger partial charge in [0.1, 0.15) is 29.8 Å². The second-order valence-electron chi connectivity index (χ2n) is 18.2. The zero-order valence-electron chi connectivity index (χ0n) is 36.9. The van der Waals surface area contributed by atoms with Crippen molar-refractivity contribution in [2.45, 2.75) is 70.2 Å². The van der Waals surface area contributed by atoms with Gasteiger partial charge in [0.05, 0.1) is 43.5 Å². The van der Waals surface area contributed by atoms with Crippen LogP contribution in [0.2, 0.25) is 0 Å². The summed E-state index contributed by atoms with van der Waals surface area (Å²) < 4.78 is 10.3. The van der Waals surface area contributed by atoms with Gasteiger partial charge < -0.3 is 39.9 Å². The predicted octanol–water partition coefficient (Wildman–Crippen LogP) is 7.39. The second kappa shape index (κ2) is 17.6. The van der Waals surface area contributed by atoms with Crippen LogP contribution in [0.25, 0.3) is 33.6 Å². The molecule has 2 aliphatic carbocycles. The number of alkyl carbamates (subject to hydrolysis) is 1. The number of aromatic amines is 2. The van der Waals surface area contributed by atoms with Gasteiger partial charge in [-0.25, -0.2) is 14.8 Å². The van der Waals surface area contributed by atoms with Crippen LogP contribution in [0, 0.1) is 29.6 Å². The van der Waals surface area contributed by atoms with E-state index in [1.54, 1.807) is 18.2 Å². The molecule has 64 heavy (non-hydrogen) atoms. The average molecular weight is 865 g/mol. The minimum atomic E-state index is -0.791. The zero-order valence-corrected chi connectivity index (χ0v) is 36.9. The summed E-state index contributed by atoms with van der Waals surface area (Å²) in [5, 5.41) is 5.80. The highest BCUT2D eigenvalue weighted by molar-refractivity contribution is 5.91. The number of benzene rings is 3. The molecule has 14 heteroatoms. The molecule has 4 amide bonds. The molecule has 0 unspecified atom stereocenters. The Kier molecular flexibility index (Phi) is 11.7. The molecule has 2 aliphatic heterocycles. The van der Waals surface area contributed by atoms with Crippen molar-refractivity contribution >= 4 is 23.8 Å². The van der Waals surface area contributed by atoms with Gasteiger partial charge in [0, 0.05) is 37.5 Å². The van der Waals surface area contributed by atoms with Crippen LogP contribution in [-0.2, 0) is 23.9 Å². The Bertz CT molecular complexity index is 2530. The number of hydrogen-bond donors (Lipinski definition) is 4. The fourth-order valence-corrected chi connectivity index (χ4v) is 9.85. The summed E-state index contributed by atoms with van der Waals surface area (Å²) in [6.45, 7) is 11.4. The molecular weight excluding hydrogens is 809 g/mol. The number of rotatable bonds is 14. The number of fused-ring (bicyclic) bond motifs is 1. The van der Waals surface area contributed by atoms with Crippen LogP contribution < -0.4 is 10.6 Å². The van der Waals surface area contributed by atoms with E-state index < -0.39 is 24.2 Å². The van der Waals surface area contributed by atoms with Crippen LogP contribution in [0.15, 0.2) is 103 Å². The number of nitrogens with one attached hydrogen (secondary N) is 4. The van der Waals surface area contributed by atoms with Gasteiger partial charge in [-0.15, -0.1) is 0 Å². The van der Waals surface area contributed by atoms with Crippen LogP contribution in [0.3, 0.4) is 0 Å².